The first-order chi connectivity index (χ1) is 18.9. The van der Waals surface area contributed by atoms with E-state index < -0.39 is 0 Å². The van der Waals surface area contributed by atoms with Gasteiger partial charge in [0.1, 0.15) is 23.4 Å². The summed E-state index contributed by atoms with van der Waals surface area (Å²) in [6.07, 6.45) is 4.44. The van der Waals surface area contributed by atoms with Gasteiger partial charge in [0, 0.05) is 23.1 Å². The van der Waals surface area contributed by atoms with Crippen LogP contribution in [0.5, 0.6) is 11.5 Å². The number of rotatable bonds is 6. The van der Waals surface area contributed by atoms with Gasteiger partial charge < -0.3 is 18.9 Å². The van der Waals surface area contributed by atoms with Gasteiger partial charge in [-0.2, -0.15) is 0 Å². The molecule has 0 fully saturated rings. The first kappa shape index (κ1) is 25.6. The lowest BCUT2D eigenvalue weighted by atomic mass is 9.87. The number of ether oxygens (including phenoxy) is 4. The average Bonchev–Trinajstić information content (AvgIpc) is 3.54. The van der Waals surface area contributed by atoms with Crippen LogP contribution in [-0.2, 0) is 20.7 Å². The number of hydrogen-bond donors (Lipinski definition) is 0. The number of fused-ring (bicyclic) bond motifs is 2. The number of esters is 1. The third-order valence-electron chi connectivity index (χ3n) is 8.20. The fraction of sp³-hybridized carbons (Fsp3) is 0.364. The number of carbonyl (C=O) groups excluding carboxylic acids is 1. The third kappa shape index (κ3) is 4.82. The third-order valence-corrected chi connectivity index (χ3v) is 8.20. The number of hydrogen-bond acceptors (Lipinski definition) is 5. The minimum atomic E-state index is -0.377. The van der Waals surface area contributed by atoms with E-state index in [9.17, 15) is 4.79 Å². The Bertz CT molecular complexity index is 1450. The van der Waals surface area contributed by atoms with E-state index in [1.165, 1.54) is 34.9 Å². The Hall–Kier alpha value is -3.64. The van der Waals surface area contributed by atoms with Crippen LogP contribution in [0, 0.1) is 19.7 Å². The fourth-order valence-electron chi connectivity index (χ4n) is 6.34. The first-order valence-corrected chi connectivity index (χ1v) is 13.6. The molecule has 2 heterocycles. The van der Waals surface area contributed by atoms with Crippen molar-refractivity contribution in [2.45, 2.75) is 51.6 Å². The summed E-state index contributed by atoms with van der Waals surface area (Å²) < 4.78 is 37.8. The summed E-state index contributed by atoms with van der Waals surface area (Å²) in [7, 11) is 1.39. The Morgan fingerprint density at radius 3 is 2.64 bits per heavy atom. The van der Waals surface area contributed by atoms with Crippen molar-refractivity contribution in [3.63, 3.8) is 0 Å². The number of aryl methyl sites for hydroxylation is 2. The van der Waals surface area contributed by atoms with Gasteiger partial charge in [-0.25, -0.2) is 4.39 Å². The molecule has 2 aliphatic heterocycles. The van der Waals surface area contributed by atoms with E-state index in [1.807, 2.05) is 24.3 Å². The number of carbonyl (C=O) groups is 1. The molecule has 2 atom stereocenters. The lowest BCUT2D eigenvalue weighted by Crippen LogP contribution is -2.09. The molecule has 0 aromatic heterocycles. The van der Waals surface area contributed by atoms with Gasteiger partial charge in [0.05, 0.1) is 33.4 Å². The fourth-order valence-corrected chi connectivity index (χ4v) is 6.34. The molecule has 3 aromatic carbocycles. The molecule has 0 saturated carbocycles. The van der Waals surface area contributed by atoms with Crippen molar-refractivity contribution in [3.05, 3.63) is 87.7 Å². The molecule has 0 radical (unpaired) electrons. The molecule has 6 heteroatoms. The van der Waals surface area contributed by atoms with E-state index in [0.717, 1.165) is 36.1 Å². The molecule has 202 valence electrons. The predicted molar refractivity (Wildman–Crippen MR) is 148 cm³/mol. The van der Waals surface area contributed by atoms with Crippen molar-refractivity contribution in [3.8, 4) is 22.6 Å². The highest BCUT2D eigenvalue weighted by molar-refractivity contribution is 5.79. The molecule has 1 aliphatic carbocycles. The van der Waals surface area contributed by atoms with Gasteiger partial charge in [-0.15, -0.1) is 0 Å². The van der Waals surface area contributed by atoms with Crippen molar-refractivity contribution in [2.75, 3.05) is 26.9 Å². The summed E-state index contributed by atoms with van der Waals surface area (Å²) >= 11 is 0. The molecule has 3 aromatic rings. The molecule has 0 bridgehead atoms. The van der Waals surface area contributed by atoms with Gasteiger partial charge in [0.25, 0.3) is 0 Å². The van der Waals surface area contributed by atoms with Crippen LogP contribution in [0.1, 0.15) is 64.7 Å². The van der Waals surface area contributed by atoms with Crippen molar-refractivity contribution in [1.29, 1.82) is 0 Å². The van der Waals surface area contributed by atoms with Crippen LogP contribution in [0.15, 0.2) is 48.5 Å². The van der Waals surface area contributed by atoms with Gasteiger partial charge in [-0.05, 0) is 84.2 Å². The van der Waals surface area contributed by atoms with E-state index in [2.05, 4.69) is 32.1 Å². The van der Waals surface area contributed by atoms with E-state index in [-0.39, 0.29) is 30.2 Å². The maximum Gasteiger partial charge on any atom is 0.306 e. The summed E-state index contributed by atoms with van der Waals surface area (Å²) in [6, 6.07) is 13.7. The van der Waals surface area contributed by atoms with E-state index in [0.29, 0.717) is 36.7 Å². The van der Waals surface area contributed by atoms with Crippen LogP contribution in [0.4, 0.5) is 4.39 Å². The summed E-state index contributed by atoms with van der Waals surface area (Å²) in [4.78, 5) is 11.7. The Kier molecular flexibility index (Phi) is 6.90. The highest BCUT2D eigenvalue weighted by atomic mass is 19.1. The largest absolute Gasteiger partial charge is 0.492 e. The zero-order valence-electron chi connectivity index (χ0n) is 22.6. The van der Waals surface area contributed by atoms with E-state index >= 15 is 4.39 Å². The van der Waals surface area contributed by atoms with Crippen molar-refractivity contribution >= 4 is 11.5 Å². The molecule has 3 aliphatic rings. The minimum absolute atomic E-state index is 0.0330. The monoisotopic (exact) mass is 528 g/mol. The number of halogens is 1. The van der Waals surface area contributed by atoms with Gasteiger partial charge in [0.2, 0.25) is 0 Å². The normalized spacial score (nSPS) is 19.6. The lowest BCUT2D eigenvalue weighted by Gasteiger charge is -2.20. The Labute approximate surface area is 228 Å². The SMILES string of the molecule is COC(=O)C[C@@H]1COc2cc(O[C@@H]3CCc4c(-c5c(C)cc(C6=CCOCC6)cc5C)ccc(F)c43)ccc21. The minimum Gasteiger partial charge on any atom is -0.492 e. The molecule has 0 spiro atoms. The average molecular weight is 529 g/mol. The van der Waals surface area contributed by atoms with E-state index in [4.69, 9.17) is 18.9 Å². The Balaban J connectivity index is 1.28. The van der Waals surface area contributed by atoms with Crippen LogP contribution in [-0.4, -0.2) is 32.9 Å². The van der Waals surface area contributed by atoms with Gasteiger partial charge >= 0.3 is 5.97 Å². The first-order valence-electron chi connectivity index (χ1n) is 13.6. The lowest BCUT2D eigenvalue weighted by molar-refractivity contribution is -0.141. The van der Waals surface area contributed by atoms with Crippen molar-refractivity contribution < 1.29 is 28.1 Å². The van der Waals surface area contributed by atoms with Crippen LogP contribution >= 0.6 is 0 Å². The molecule has 0 saturated heterocycles. The summed E-state index contributed by atoms with van der Waals surface area (Å²) in [6.45, 7) is 6.13. The topological polar surface area (TPSA) is 54.0 Å². The van der Waals surface area contributed by atoms with Crippen molar-refractivity contribution in [2.24, 2.45) is 0 Å². The van der Waals surface area contributed by atoms with Gasteiger partial charge in [0.15, 0.2) is 0 Å². The molecule has 0 unspecified atom stereocenters. The molecule has 0 amide bonds. The highest BCUT2D eigenvalue weighted by Crippen LogP contribution is 2.45. The Morgan fingerprint density at radius 1 is 1.08 bits per heavy atom. The Morgan fingerprint density at radius 2 is 1.90 bits per heavy atom. The van der Waals surface area contributed by atoms with E-state index in [1.54, 1.807) is 6.07 Å². The zero-order valence-corrected chi connectivity index (χ0v) is 22.6. The molecule has 6 rings (SSSR count). The summed E-state index contributed by atoms with van der Waals surface area (Å²) in [5, 5.41) is 0. The second kappa shape index (κ2) is 10.5. The highest BCUT2D eigenvalue weighted by Gasteiger charge is 2.32. The molecule has 39 heavy (non-hydrogen) atoms. The number of methoxy groups -OCH3 is 1. The standard InChI is InChI=1S/C33H33FO5/c1-19-14-22(21-10-12-37-13-11-21)15-20(2)32(19)26-6-8-28(34)33-27(26)7-9-29(33)39-24-4-5-25-23(16-31(35)36-3)18-38-30(25)17-24/h4-6,8,10,14-15,17,23,29H,7,9,11-13,16,18H2,1-3H3/t23-,29-/m1/s1. The summed E-state index contributed by atoms with van der Waals surface area (Å²) in [5.41, 5.74) is 9.84. The number of benzene rings is 3. The molecule has 5 nitrogen and oxygen atoms in total. The predicted octanol–water partition coefficient (Wildman–Crippen LogP) is 7.02. The smallest absolute Gasteiger partial charge is 0.306 e. The second-order valence-corrected chi connectivity index (χ2v) is 10.7. The zero-order chi connectivity index (χ0) is 27.1. The molecular weight excluding hydrogens is 495 g/mol. The maximum atomic E-state index is 15.3. The van der Waals surface area contributed by atoms with Crippen molar-refractivity contribution in [1.82, 2.24) is 0 Å². The van der Waals surface area contributed by atoms with Crippen LogP contribution in [0.25, 0.3) is 16.7 Å². The van der Waals surface area contributed by atoms with Gasteiger partial charge in [-0.1, -0.05) is 30.3 Å². The van der Waals surface area contributed by atoms with Crippen LogP contribution < -0.4 is 9.47 Å². The maximum absolute atomic E-state index is 15.3. The molecular formula is C33H33FO5. The second-order valence-electron chi connectivity index (χ2n) is 10.7. The van der Waals surface area contributed by atoms with Gasteiger partial charge in [-0.3, -0.25) is 4.79 Å². The van der Waals surface area contributed by atoms with Crippen LogP contribution in [0.3, 0.4) is 0 Å². The quantitative estimate of drug-likeness (QED) is 0.322. The summed E-state index contributed by atoms with van der Waals surface area (Å²) in [5.74, 6) is 0.822. The molecule has 0 N–H and O–H groups in total. The van der Waals surface area contributed by atoms with Crippen LogP contribution in [0.2, 0.25) is 0 Å².